The van der Waals surface area contributed by atoms with Gasteiger partial charge >= 0.3 is 0 Å². The standard InChI is InChI=1S/C16H11Br2FS/c1-9-5-10(7-11(19)6-9)15(18)13-8-20-16-12(13)3-2-4-14(16)17/h2-8,15H,1H3. The summed E-state index contributed by atoms with van der Waals surface area (Å²) in [6, 6.07) is 11.3. The van der Waals surface area contributed by atoms with Gasteiger partial charge in [0.15, 0.2) is 0 Å². The van der Waals surface area contributed by atoms with E-state index < -0.39 is 0 Å². The fourth-order valence-electron chi connectivity index (χ4n) is 2.33. The summed E-state index contributed by atoms with van der Waals surface area (Å²) >= 11 is 8.99. The molecule has 0 aliphatic carbocycles. The summed E-state index contributed by atoms with van der Waals surface area (Å²) in [6.07, 6.45) is 0. The van der Waals surface area contributed by atoms with Gasteiger partial charge < -0.3 is 0 Å². The lowest BCUT2D eigenvalue weighted by Gasteiger charge is -2.11. The molecule has 1 heterocycles. The van der Waals surface area contributed by atoms with E-state index in [0.29, 0.717) is 0 Å². The number of alkyl halides is 1. The molecule has 1 unspecified atom stereocenters. The Morgan fingerprint density at radius 1 is 1.20 bits per heavy atom. The zero-order valence-electron chi connectivity index (χ0n) is 10.7. The number of aryl methyl sites for hydroxylation is 1. The molecular formula is C16H11Br2FS. The smallest absolute Gasteiger partial charge is 0.123 e. The minimum Gasteiger partial charge on any atom is -0.207 e. The molecule has 0 amide bonds. The molecule has 102 valence electrons. The first kappa shape index (κ1) is 14.2. The summed E-state index contributed by atoms with van der Waals surface area (Å²) in [4.78, 5) is -0.0000463. The van der Waals surface area contributed by atoms with E-state index in [-0.39, 0.29) is 10.6 Å². The number of hydrogen-bond acceptors (Lipinski definition) is 1. The van der Waals surface area contributed by atoms with Crippen molar-refractivity contribution in [3.63, 3.8) is 0 Å². The summed E-state index contributed by atoms with van der Waals surface area (Å²) in [5.74, 6) is -0.190. The molecule has 0 nitrogen and oxygen atoms in total. The largest absolute Gasteiger partial charge is 0.207 e. The molecule has 0 spiro atoms. The Hall–Kier alpha value is -0.710. The van der Waals surface area contributed by atoms with Crippen LogP contribution < -0.4 is 0 Å². The number of fused-ring (bicyclic) bond motifs is 1. The van der Waals surface area contributed by atoms with Crippen molar-refractivity contribution in [2.24, 2.45) is 0 Å². The van der Waals surface area contributed by atoms with Gasteiger partial charge in [-0.05, 0) is 68.5 Å². The number of rotatable bonds is 2. The number of halogens is 3. The van der Waals surface area contributed by atoms with Crippen LogP contribution >= 0.6 is 43.2 Å². The molecular weight excluding hydrogens is 403 g/mol. The molecule has 0 radical (unpaired) electrons. The Morgan fingerprint density at radius 2 is 2.00 bits per heavy atom. The van der Waals surface area contributed by atoms with Gasteiger partial charge in [-0.15, -0.1) is 11.3 Å². The maximum atomic E-state index is 13.6. The highest BCUT2D eigenvalue weighted by Crippen LogP contribution is 2.41. The fraction of sp³-hybridized carbons (Fsp3) is 0.125. The zero-order chi connectivity index (χ0) is 14.3. The Kier molecular flexibility index (Phi) is 3.98. The summed E-state index contributed by atoms with van der Waals surface area (Å²) in [6.45, 7) is 1.91. The van der Waals surface area contributed by atoms with Crippen LogP contribution in [0.15, 0.2) is 46.3 Å². The molecule has 3 aromatic rings. The molecule has 0 saturated carbocycles. The fourth-order valence-corrected chi connectivity index (χ4v) is 4.79. The third-order valence-corrected chi connectivity index (χ3v) is 6.20. The second kappa shape index (κ2) is 5.58. The van der Waals surface area contributed by atoms with Gasteiger partial charge in [-0.25, -0.2) is 4.39 Å². The maximum Gasteiger partial charge on any atom is 0.123 e. The summed E-state index contributed by atoms with van der Waals surface area (Å²) in [5.41, 5.74) is 3.06. The summed E-state index contributed by atoms with van der Waals surface area (Å²) in [7, 11) is 0. The van der Waals surface area contributed by atoms with Crippen LogP contribution in [0.25, 0.3) is 10.1 Å². The minimum absolute atomic E-state index is 0.0000463. The van der Waals surface area contributed by atoms with Crippen molar-refractivity contribution >= 4 is 53.3 Å². The first-order chi connectivity index (χ1) is 9.56. The molecule has 0 saturated heterocycles. The van der Waals surface area contributed by atoms with Gasteiger partial charge in [0.25, 0.3) is 0 Å². The lowest BCUT2D eigenvalue weighted by molar-refractivity contribution is 0.624. The molecule has 1 aromatic heterocycles. The first-order valence-electron chi connectivity index (χ1n) is 6.13. The van der Waals surface area contributed by atoms with Crippen LogP contribution in [0.2, 0.25) is 0 Å². The summed E-state index contributed by atoms with van der Waals surface area (Å²) in [5, 5.41) is 3.34. The van der Waals surface area contributed by atoms with Gasteiger partial charge in [0.2, 0.25) is 0 Å². The second-order valence-corrected chi connectivity index (χ2v) is 7.38. The maximum absolute atomic E-state index is 13.6. The lowest BCUT2D eigenvalue weighted by atomic mass is 10.0. The van der Waals surface area contributed by atoms with Gasteiger partial charge in [-0.1, -0.05) is 34.1 Å². The second-order valence-electron chi connectivity index (χ2n) is 4.73. The molecule has 0 bridgehead atoms. The van der Waals surface area contributed by atoms with E-state index in [9.17, 15) is 4.39 Å². The predicted molar refractivity (Wildman–Crippen MR) is 91.4 cm³/mol. The highest BCUT2D eigenvalue weighted by atomic mass is 79.9. The Labute approximate surface area is 137 Å². The van der Waals surface area contributed by atoms with E-state index in [1.54, 1.807) is 23.5 Å². The Balaban J connectivity index is 2.13. The highest BCUT2D eigenvalue weighted by molar-refractivity contribution is 9.10. The molecule has 2 aromatic carbocycles. The van der Waals surface area contributed by atoms with Crippen molar-refractivity contribution in [1.29, 1.82) is 0 Å². The van der Waals surface area contributed by atoms with Crippen molar-refractivity contribution in [1.82, 2.24) is 0 Å². The van der Waals surface area contributed by atoms with E-state index in [2.05, 4.69) is 43.3 Å². The Morgan fingerprint density at radius 3 is 2.75 bits per heavy atom. The van der Waals surface area contributed by atoms with Crippen molar-refractivity contribution in [3.8, 4) is 0 Å². The third-order valence-electron chi connectivity index (χ3n) is 3.21. The monoisotopic (exact) mass is 412 g/mol. The van der Waals surface area contributed by atoms with Crippen LogP contribution in [0.5, 0.6) is 0 Å². The Bertz CT molecular complexity index is 759. The molecule has 0 aliphatic heterocycles. The molecule has 0 aliphatic rings. The third kappa shape index (κ3) is 2.57. The number of thiophene rings is 1. The van der Waals surface area contributed by atoms with Crippen LogP contribution in [0.3, 0.4) is 0 Å². The van der Waals surface area contributed by atoms with E-state index >= 15 is 0 Å². The molecule has 20 heavy (non-hydrogen) atoms. The van der Waals surface area contributed by atoms with Crippen molar-refractivity contribution < 1.29 is 4.39 Å². The average molecular weight is 414 g/mol. The summed E-state index contributed by atoms with van der Waals surface area (Å²) < 4.78 is 15.9. The molecule has 0 fully saturated rings. The SMILES string of the molecule is Cc1cc(F)cc(C(Br)c2csc3c(Br)cccc23)c1. The number of hydrogen-bond donors (Lipinski definition) is 0. The molecule has 1 atom stereocenters. The topological polar surface area (TPSA) is 0 Å². The van der Waals surface area contributed by atoms with Gasteiger partial charge in [-0.2, -0.15) is 0 Å². The van der Waals surface area contributed by atoms with Crippen molar-refractivity contribution in [2.45, 2.75) is 11.8 Å². The van der Waals surface area contributed by atoms with Gasteiger partial charge in [0.1, 0.15) is 5.82 Å². The predicted octanol–water partition coefficient (Wildman–Crippen LogP) is 6.60. The first-order valence-corrected chi connectivity index (χ1v) is 8.72. The van der Waals surface area contributed by atoms with Crippen LogP contribution in [0.4, 0.5) is 4.39 Å². The normalized spacial score (nSPS) is 12.8. The highest BCUT2D eigenvalue weighted by Gasteiger charge is 2.17. The average Bonchev–Trinajstić information content (AvgIpc) is 2.82. The van der Waals surface area contributed by atoms with Crippen molar-refractivity contribution in [3.05, 3.63) is 68.8 Å². The van der Waals surface area contributed by atoms with E-state index in [1.165, 1.54) is 15.6 Å². The molecule has 3 rings (SSSR count). The van der Waals surface area contributed by atoms with Gasteiger partial charge in [0.05, 0.1) is 4.83 Å². The van der Waals surface area contributed by atoms with Crippen LogP contribution in [-0.4, -0.2) is 0 Å². The molecule has 0 N–H and O–H groups in total. The van der Waals surface area contributed by atoms with E-state index in [1.807, 2.05) is 25.1 Å². The zero-order valence-corrected chi connectivity index (χ0v) is 14.6. The lowest BCUT2D eigenvalue weighted by Crippen LogP contribution is -1.94. The van der Waals surface area contributed by atoms with E-state index in [4.69, 9.17) is 0 Å². The van der Waals surface area contributed by atoms with Crippen LogP contribution in [0, 0.1) is 12.7 Å². The van der Waals surface area contributed by atoms with E-state index in [0.717, 1.165) is 15.6 Å². The van der Waals surface area contributed by atoms with Crippen molar-refractivity contribution in [2.75, 3.05) is 0 Å². The van der Waals surface area contributed by atoms with Crippen LogP contribution in [-0.2, 0) is 0 Å². The number of benzene rings is 2. The molecule has 4 heteroatoms. The van der Waals surface area contributed by atoms with Gasteiger partial charge in [0, 0.05) is 9.17 Å². The van der Waals surface area contributed by atoms with Gasteiger partial charge in [-0.3, -0.25) is 0 Å². The van der Waals surface area contributed by atoms with Crippen LogP contribution in [0.1, 0.15) is 21.5 Å². The quantitative estimate of drug-likeness (QED) is 0.415. The minimum atomic E-state index is -0.190.